The summed E-state index contributed by atoms with van der Waals surface area (Å²) in [7, 11) is 1.61. The van der Waals surface area contributed by atoms with Crippen LogP contribution in [0.2, 0.25) is 0 Å². The van der Waals surface area contributed by atoms with Crippen LogP contribution >= 0.6 is 11.3 Å². The molecule has 118 valence electrons. The monoisotopic (exact) mass is 330 g/mol. The van der Waals surface area contributed by atoms with Crippen molar-refractivity contribution in [2.75, 3.05) is 12.4 Å². The van der Waals surface area contributed by atoms with E-state index in [1.54, 1.807) is 18.0 Å². The Hall–Kier alpha value is -2.94. The highest BCUT2D eigenvalue weighted by atomic mass is 32.1. The van der Waals surface area contributed by atoms with Gasteiger partial charge in [-0.3, -0.25) is 4.79 Å². The minimum absolute atomic E-state index is 0.171. The Kier molecular flexibility index (Phi) is 4.20. The fourth-order valence-electron chi connectivity index (χ4n) is 2.10. The molecular formula is C14H14N6O2S. The number of para-hydroxylation sites is 1. The number of benzene rings is 1. The molecule has 0 spiro atoms. The molecule has 3 aromatic rings. The number of hydrogen-bond donors (Lipinski definition) is 2. The highest BCUT2D eigenvalue weighted by molar-refractivity contribution is 7.17. The first kappa shape index (κ1) is 15.0. The van der Waals surface area contributed by atoms with Crippen molar-refractivity contribution < 1.29 is 9.53 Å². The first-order chi connectivity index (χ1) is 11.2. The zero-order valence-electron chi connectivity index (χ0n) is 12.3. The van der Waals surface area contributed by atoms with E-state index < -0.39 is 5.91 Å². The third-order valence-corrected chi connectivity index (χ3v) is 3.99. The molecular weight excluding hydrogens is 316 g/mol. The van der Waals surface area contributed by atoms with Crippen molar-refractivity contribution in [2.45, 2.75) is 6.54 Å². The van der Waals surface area contributed by atoms with Crippen LogP contribution in [0.25, 0.3) is 5.69 Å². The van der Waals surface area contributed by atoms with Gasteiger partial charge in [0.15, 0.2) is 0 Å². The lowest BCUT2D eigenvalue weighted by atomic mass is 10.1. The van der Waals surface area contributed by atoms with Gasteiger partial charge >= 0.3 is 0 Å². The van der Waals surface area contributed by atoms with Gasteiger partial charge in [-0.15, -0.1) is 10.2 Å². The van der Waals surface area contributed by atoms with Crippen LogP contribution in [-0.2, 0) is 6.54 Å². The molecule has 0 aliphatic heterocycles. The second-order valence-electron chi connectivity index (χ2n) is 4.55. The number of anilines is 1. The second kappa shape index (κ2) is 6.44. The van der Waals surface area contributed by atoms with Gasteiger partial charge in [0, 0.05) is 24.5 Å². The third kappa shape index (κ3) is 3.14. The molecule has 0 fully saturated rings. The van der Waals surface area contributed by atoms with Crippen LogP contribution in [0.15, 0.2) is 36.7 Å². The zero-order valence-corrected chi connectivity index (χ0v) is 13.1. The number of carbonyl (C=O) groups excluding carboxylic acids is 1. The molecule has 0 unspecified atom stereocenters. The Morgan fingerprint density at radius 3 is 2.91 bits per heavy atom. The minimum Gasteiger partial charge on any atom is -0.494 e. The molecule has 3 N–H and O–H groups in total. The molecule has 3 rings (SSSR count). The van der Waals surface area contributed by atoms with Crippen molar-refractivity contribution in [1.29, 1.82) is 0 Å². The molecule has 9 heteroatoms. The molecule has 23 heavy (non-hydrogen) atoms. The van der Waals surface area contributed by atoms with Gasteiger partial charge in [0.05, 0.1) is 7.11 Å². The summed E-state index contributed by atoms with van der Waals surface area (Å²) < 4.78 is 7.26. The number of hydrogen-bond acceptors (Lipinski definition) is 7. The molecule has 2 heterocycles. The fourth-order valence-corrected chi connectivity index (χ4v) is 2.69. The average molecular weight is 330 g/mol. The molecule has 0 radical (unpaired) electrons. The van der Waals surface area contributed by atoms with Crippen molar-refractivity contribution in [3.63, 3.8) is 0 Å². The summed E-state index contributed by atoms with van der Waals surface area (Å²) in [4.78, 5) is 11.0. The first-order valence-electron chi connectivity index (χ1n) is 6.72. The largest absolute Gasteiger partial charge is 0.494 e. The average Bonchev–Trinajstić information content (AvgIpc) is 3.24. The summed E-state index contributed by atoms with van der Waals surface area (Å²) in [5.41, 5.74) is 6.93. The van der Waals surface area contributed by atoms with Crippen molar-refractivity contribution >= 4 is 22.4 Å². The number of nitrogens with zero attached hydrogens (tertiary/aromatic N) is 4. The van der Waals surface area contributed by atoms with E-state index >= 15 is 0 Å². The van der Waals surface area contributed by atoms with Crippen LogP contribution in [0.3, 0.4) is 0 Å². The topological polar surface area (TPSA) is 108 Å². The number of carbonyl (C=O) groups is 1. The lowest BCUT2D eigenvalue weighted by Crippen LogP contribution is -2.10. The number of nitrogens with two attached hydrogens (primary N) is 1. The van der Waals surface area contributed by atoms with Crippen LogP contribution in [0.1, 0.15) is 15.4 Å². The van der Waals surface area contributed by atoms with Gasteiger partial charge in [-0.2, -0.15) is 5.10 Å². The van der Waals surface area contributed by atoms with Gasteiger partial charge in [0.1, 0.15) is 11.4 Å². The summed E-state index contributed by atoms with van der Waals surface area (Å²) in [6, 6.07) is 7.63. The number of rotatable bonds is 6. The van der Waals surface area contributed by atoms with Crippen LogP contribution < -0.4 is 15.8 Å². The van der Waals surface area contributed by atoms with Crippen molar-refractivity contribution in [2.24, 2.45) is 5.73 Å². The molecule has 2 aromatic heterocycles. The Bertz CT molecular complexity index is 815. The predicted molar refractivity (Wildman–Crippen MR) is 85.9 cm³/mol. The molecule has 0 saturated heterocycles. The minimum atomic E-state index is -0.589. The lowest BCUT2D eigenvalue weighted by molar-refractivity contribution is 0.0999. The summed E-state index contributed by atoms with van der Waals surface area (Å²) in [6.45, 7) is 0.464. The molecule has 0 saturated carbocycles. The lowest BCUT2D eigenvalue weighted by Gasteiger charge is -2.13. The molecule has 0 aliphatic carbocycles. The van der Waals surface area contributed by atoms with E-state index in [4.69, 9.17) is 10.5 Å². The van der Waals surface area contributed by atoms with Crippen LogP contribution in [0, 0.1) is 0 Å². The fraction of sp³-hybridized carbons (Fsp3) is 0.143. The maximum atomic E-state index is 11.0. The van der Waals surface area contributed by atoms with Gasteiger partial charge in [0.25, 0.3) is 5.91 Å². The van der Waals surface area contributed by atoms with E-state index in [2.05, 4.69) is 20.6 Å². The van der Waals surface area contributed by atoms with Crippen LogP contribution in [-0.4, -0.2) is 33.0 Å². The van der Waals surface area contributed by atoms with Crippen LogP contribution in [0.5, 0.6) is 5.75 Å². The van der Waals surface area contributed by atoms with E-state index in [-0.39, 0.29) is 5.01 Å². The molecule has 0 bridgehead atoms. The standard InChI is InChI=1S/C14H14N6O2S/c1-22-11-9(4-2-5-10(11)20-7-3-6-17-20)8-16-14-19-18-13(23-14)12(15)21/h2-7H,8H2,1H3,(H2,15,21)(H,16,19). The molecule has 0 aliphatic rings. The van der Waals surface area contributed by atoms with Crippen molar-refractivity contribution in [3.05, 3.63) is 47.2 Å². The van der Waals surface area contributed by atoms with E-state index in [0.29, 0.717) is 17.4 Å². The maximum absolute atomic E-state index is 11.0. The summed E-state index contributed by atoms with van der Waals surface area (Å²) in [5.74, 6) is 0.122. The number of ether oxygens (including phenoxy) is 1. The number of aromatic nitrogens is 4. The summed E-state index contributed by atoms with van der Waals surface area (Å²) in [5, 5.41) is 15.6. The number of primary amides is 1. The highest BCUT2D eigenvalue weighted by Gasteiger charge is 2.13. The van der Waals surface area contributed by atoms with Gasteiger partial charge in [-0.25, -0.2) is 4.68 Å². The second-order valence-corrected chi connectivity index (χ2v) is 5.53. The Morgan fingerprint density at radius 1 is 1.39 bits per heavy atom. The van der Waals surface area contributed by atoms with Crippen molar-refractivity contribution in [1.82, 2.24) is 20.0 Å². The van der Waals surface area contributed by atoms with Gasteiger partial charge in [-0.05, 0) is 12.1 Å². The smallest absolute Gasteiger partial charge is 0.279 e. The zero-order chi connectivity index (χ0) is 16.2. The van der Waals surface area contributed by atoms with E-state index in [9.17, 15) is 4.79 Å². The number of amides is 1. The SMILES string of the molecule is COc1c(CNc2nnc(C(N)=O)s2)cccc1-n1cccn1. The Labute approximate surface area is 135 Å². The van der Waals surface area contributed by atoms with Crippen LogP contribution in [0.4, 0.5) is 5.13 Å². The normalized spacial score (nSPS) is 10.5. The predicted octanol–water partition coefficient (Wildman–Crippen LogP) is 1.44. The first-order valence-corrected chi connectivity index (χ1v) is 7.53. The molecule has 1 amide bonds. The highest BCUT2D eigenvalue weighted by Crippen LogP contribution is 2.28. The van der Waals surface area contributed by atoms with Gasteiger partial charge in [0.2, 0.25) is 10.1 Å². The number of nitrogens with one attached hydrogen (secondary N) is 1. The van der Waals surface area contributed by atoms with E-state index in [0.717, 1.165) is 22.6 Å². The summed E-state index contributed by atoms with van der Waals surface area (Å²) in [6.07, 6.45) is 3.55. The maximum Gasteiger partial charge on any atom is 0.279 e. The third-order valence-electron chi connectivity index (χ3n) is 3.10. The van der Waals surface area contributed by atoms with Gasteiger partial charge in [-0.1, -0.05) is 23.5 Å². The molecule has 1 aromatic carbocycles. The van der Waals surface area contributed by atoms with Crippen molar-refractivity contribution in [3.8, 4) is 11.4 Å². The molecule has 0 atom stereocenters. The number of methoxy groups -OCH3 is 1. The van der Waals surface area contributed by atoms with Gasteiger partial charge < -0.3 is 15.8 Å². The molecule has 8 nitrogen and oxygen atoms in total. The van der Waals surface area contributed by atoms with E-state index in [1.165, 1.54) is 0 Å². The Balaban J connectivity index is 1.82. The Morgan fingerprint density at radius 2 is 2.26 bits per heavy atom. The van der Waals surface area contributed by atoms with E-state index in [1.807, 2.05) is 30.5 Å². The quantitative estimate of drug-likeness (QED) is 0.708. The summed E-state index contributed by atoms with van der Waals surface area (Å²) >= 11 is 1.11.